The fourth-order valence-corrected chi connectivity index (χ4v) is 4.91. The molecule has 0 radical (unpaired) electrons. The molecule has 0 fully saturated rings. The summed E-state index contributed by atoms with van der Waals surface area (Å²) < 4.78 is 2.16. The molecule has 0 unspecified atom stereocenters. The largest absolute Gasteiger partial charge is 0.334 e. The summed E-state index contributed by atoms with van der Waals surface area (Å²) in [5.74, 6) is 2.82. The quantitative estimate of drug-likeness (QED) is 0.869. The molecule has 0 spiro atoms. The summed E-state index contributed by atoms with van der Waals surface area (Å²) in [6, 6.07) is 0. The Morgan fingerprint density at radius 2 is 2.30 bits per heavy atom. The Bertz CT molecular complexity index is 748. The number of rotatable bonds is 3. The number of amides is 1. The average molecular weight is 330 g/mol. The third-order valence-electron chi connectivity index (χ3n) is 5.04. The molecule has 0 saturated heterocycles. The van der Waals surface area contributed by atoms with Crippen LogP contribution in [0.4, 0.5) is 0 Å². The van der Waals surface area contributed by atoms with Crippen LogP contribution in [-0.4, -0.2) is 32.6 Å². The van der Waals surface area contributed by atoms with Gasteiger partial charge in [0.2, 0.25) is 0 Å². The SMILES string of the molecule is C[C@@H]1CCc2c(C(=O)N(C)Cc3nnc4n3CCC4)csc2C1. The maximum atomic E-state index is 12.9. The molecule has 0 N–H and O–H groups in total. The van der Waals surface area contributed by atoms with Crippen LogP contribution in [0.1, 0.15) is 52.2 Å². The van der Waals surface area contributed by atoms with Crippen molar-refractivity contribution in [3.05, 3.63) is 33.0 Å². The summed E-state index contributed by atoms with van der Waals surface area (Å²) in [5, 5.41) is 10.5. The Hall–Kier alpha value is -1.69. The van der Waals surface area contributed by atoms with Gasteiger partial charge in [-0.05, 0) is 37.2 Å². The molecule has 1 amide bonds. The normalized spacial score (nSPS) is 19.5. The van der Waals surface area contributed by atoms with Crippen molar-refractivity contribution in [3.8, 4) is 0 Å². The molecule has 2 aliphatic rings. The van der Waals surface area contributed by atoms with E-state index in [0.717, 1.165) is 55.4 Å². The van der Waals surface area contributed by atoms with E-state index in [1.54, 1.807) is 16.2 Å². The molecule has 5 nitrogen and oxygen atoms in total. The van der Waals surface area contributed by atoms with Gasteiger partial charge in [0, 0.05) is 30.3 Å². The second-order valence-corrected chi connectivity index (χ2v) is 7.81. The molecular formula is C17H22N4OS. The van der Waals surface area contributed by atoms with Crippen molar-refractivity contribution in [1.29, 1.82) is 0 Å². The number of hydrogen-bond donors (Lipinski definition) is 0. The minimum atomic E-state index is 0.118. The van der Waals surface area contributed by atoms with E-state index in [-0.39, 0.29) is 5.91 Å². The molecule has 2 aromatic heterocycles. The Kier molecular flexibility index (Phi) is 3.71. The van der Waals surface area contributed by atoms with Gasteiger partial charge >= 0.3 is 0 Å². The number of thiophene rings is 1. The van der Waals surface area contributed by atoms with Crippen molar-refractivity contribution in [2.75, 3.05) is 7.05 Å². The highest BCUT2D eigenvalue weighted by Gasteiger charge is 2.26. The average Bonchev–Trinajstić information content (AvgIpc) is 3.22. The second-order valence-electron chi connectivity index (χ2n) is 6.85. The smallest absolute Gasteiger partial charge is 0.255 e. The molecule has 1 atom stereocenters. The number of fused-ring (bicyclic) bond motifs is 2. The van der Waals surface area contributed by atoms with Crippen LogP contribution in [0.5, 0.6) is 0 Å². The molecular weight excluding hydrogens is 308 g/mol. The highest BCUT2D eigenvalue weighted by molar-refractivity contribution is 7.10. The van der Waals surface area contributed by atoms with Crippen molar-refractivity contribution < 1.29 is 4.79 Å². The molecule has 2 aromatic rings. The van der Waals surface area contributed by atoms with Crippen LogP contribution in [0.3, 0.4) is 0 Å². The van der Waals surface area contributed by atoms with Gasteiger partial charge in [0.25, 0.3) is 5.91 Å². The van der Waals surface area contributed by atoms with Crippen LogP contribution in [0.25, 0.3) is 0 Å². The number of aryl methyl sites for hydroxylation is 1. The Labute approximate surface area is 140 Å². The van der Waals surface area contributed by atoms with Crippen molar-refractivity contribution >= 4 is 17.2 Å². The van der Waals surface area contributed by atoms with Gasteiger partial charge < -0.3 is 9.47 Å². The molecule has 1 aliphatic heterocycles. The van der Waals surface area contributed by atoms with Crippen LogP contribution in [0.2, 0.25) is 0 Å². The highest BCUT2D eigenvalue weighted by Crippen LogP contribution is 2.33. The van der Waals surface area contributed by atoms with Gasteiger partial charge in [-0.1, -0.05) is 6.92 Å². The lowest BCUT2D eigenvalue weighted by Gasteiger charge is -2.21. The van der Waals surface area contributed by atoms with Crippen molar-refractivity contribution in [3.63, 3.8) is 0 Å². The molecule has 3 heterocycles. The minimum Gasteiger partial charge on any atom is -0.334 e. The zero-order valence-corrected chi connectivity index (χ0v) is 14.5. The van der Waals surface area contributed by atoms with Gasteiger partial charge in [-0.3, -0.25) is 4.79 Å². The lowest BCUT2D eigenvalue weighted by Crippen LogP contribution is -2.28. The van der Waals surface area contributed by atoms with Crippen molar-refractivity contribution in [2.45, 2.75) is 52.1 Å². The topological polar surface area (TPSA) is 51.0 Å². The first-order valence-corrected chi connectivity index (χ1v) is 9.27. The molecule has 0 aromatic carbocycles. The van der Waals surface area contributed by atoms with Crippen molar-refractivity contribution in [2.24, 2.45) is 5.92 Å². The fourth-order valence-electron chi connectivity index (χ4n) is 3.67. The van der Waals surface area contributed by atoms with Gasteiger partial charge in [-0.25, -0.2) is 0 Å². The minimum absolute atomic E-state index is 0.118. The third kappa shape index (κ3) is 2.59. The van der Waals surface area contributed by atoms with E-state index in [4.69, 9.17) is 0 Å². The highest BCUT2D eigenvalue weighted by atomic mass is 32.1. The molecule has 122 valence electrons. The summed E-state index contributed by atoms with van der Waals surface area (Å²) >= 11 is 1.75. The van der Waals surface area contributed by atoms with Crippen LogP contribution >= 0.6 is 11.3 Å². The molecule has 6 heteroatoms. The summed E-state index contributed by atoms with van der Waals surface area (Å²) in [6.45, 7) is 3.81. The van der Waals surface area contributed by atoms with E-state index in [0.29, 0.717) is 6.54 Å². The van der Waals surface area contributed by atoms with E-state index in [1.165, 1.54) is 16.9 Å². The van der Waals surface area contributed by atoms with Crippen molar-refractivity contribution in [1.82, 2.24) is 19.7 Å². The molecule has 0 saturated carbocycles. The van der Waals surface area contributed by atoms with E-state index >= 15 is 0 Å². The molecule has 0 bridgehead atoms. The van der Waals surface area contributed by atoms with Gasteiger partial charge in [0.15, 0.2) is 5.82 Å². The zero-order chi connectivity index (χ0) is 16.0. The molecule has 23 heavy (non-hydrogen) atoms. The first kappa shape index (κ1) is 14.9. The molecule has 4 rings (SSSR count). The number of nitrogens with zero attached hydrogens (tertiary/aromatic N) is 4. The number of hydrogen-bond acceptors (Lipinski definition) is 4. The first-order chi connectivity index (χ1) is 11.1. The number of carbonyl (C=O) groups excluding carboxylic acids is 1. The summed E-state index contributed by atoms with van der Waals surface area (Å²) in [4.78, 5) is 16.1. The van der Waals surface area contributed by atoms with E-state index in [2.05, 4.69) is 27.1 Å². The third-order valence-corrected chi connectivity index (χ3v) is 6.09. The zero-order valence-electron chi connectivity index (χ0n) is 13.7. The summed E-state index contributed by atoms with van der Waals surface area (Å²) in [7, 11) is 1.87. The van der Waals surface area contributed by atoms with Gasteiger partial charge in [-0.15, -0.1) is 21.5 Å². The van der Waals surface area contributed by atoms with Crippen LogP contribution < -0.4 is 0 Å². The first-order valence-electron chi connectivity index (χ1n) is 8.39. The Morgan fingerprint density at radius 1 is 1.43 bits per heavy atom. The van der Waals surface area contributed by atoms with E-state index in [1.807, 2.05) is 7.05 Å². The number of aromatic nitrogens is 3. The maximum absolute atomic E-state index is 12.9. The Morgan fingerprint density at radius 3 is 3.17 bits per heavy atom. The molecule has 1 aliphatic carbocycles. The second kappa shape index (κ2) is 5.74. The number of carbonyl (C=O) groups is 1. The van der Waals surface area contributed by atoms with E-state index in [9.17, 15) is 4.79 Å². The summed E-state index contributed by atoms with van der Waals surface area (Å²) in [6.07, 6.45) is 5.47. The Balaban J connectivity index is 1.53. The van der Waals surface area contributed by atoms with Crippen LogP contribution in [0.15, 0.2) is 5.38 Å². The van der Waals surface area contributed by atoms with Crippen LogP contribution in [0, 0.1) is 5.92 Å². The lowest BCUT2D eigenvalue weighted by atomic mass is 9.88. The maximum Gasteiger partial charge on any atom is 0.255 e. The van der Waals surface area contributed by atoms with Gasteiger partial charge in [-0.2, -0.15) is 0 Å². The van der Waals surface area contributed by atoms with Crippen LogP contribution in [-0.2, 0) is 32.4 Å². The van der Waals surface area contributed by atoms with Gasteiger partial charge in [0.05, 0.1) is 12.1 Å². The summed E-state index contributed by atoms with van der Waals surface area (Å²) in [5.41, 5.74) is 2.19. The lowest BCUT2D eigenvalue weighted by molar-refractivity contribution is 0.0779. The predicted molar refractivity (Wildman–Crippen MR) is 89.6 cm³/mol. The van der Waals surface area contributed by atoms with E-state index < -0.39 is 0 Å². The monoisotopic (exact) mass is 330 g/mol. The van der Waals surface area contributed by atoms with Gasteiger partial charge in [0.1, 0.15) is 5.82 Å². The fraction of sp³-hybridized carbons (Fsp3) is 0.588. The predicted octanol–water partition coefficient (Wildman–Crippen LogP) is 2.68. The standard InChI is InChI=1S/C17H22N4OS/c1-11-5-6-12-13(10-23-14(12)8-11)17(22)20(2)9-16-19-18-15-4-3-7-21(15)16/h10-11H,3-9H2,1-2H3/t11-/m1/s1.